The highest BCUT2D eigenvalue weighted by molar-refractivity contribution is 7.09. The first-order valence-electron chi connectivity index (χ1n) is 8.01. The number of hydrogen-bond donors (Lipinski definition) is 2. The highest BCUT2D eigenvalue weighted by Gasteiger charge is 2.32. The summed E-state index contributed by atoms with van der Waals surface area (Å²) in [4.78, 5) is 15.3. The van der Waals surface area contributed by atoms with Gasteiger partial charge in [-0.05, 0) is 23.9 Å². The average Bonchev–Trinajstić information content (AvgIpc) is 3.27. The molecule has 0 unspecified atom stereocenters. The minimum Gasteiger partial charge on any atom is -0.337 e. The van der Waals surface area contributed by atoms with Crippen LogP contribution in [0.1, 0.15) is 17.0 Å². The van der Waals surface area contributed by atoms with Gasteiger partial charge in [-0.25, -0.2) is 9.18 Å². The maximum atomic E-state index is 13.8. The van der Waals surface area contributed by atoms with Gasteiger partial charge in [0.05, 0.1) is 12.2 Å². The predicted molar refractivity (Wildman–Crippen MR) is 91.5 cm³/mol. The van der Waals surface area contributed by atoms with Crippen molar-refractivity contribution in [3.05, 3.63) is 40.3 Å². The number of nitrogens with zero attached hydrogens (tertiary/aromatic N) is 3. The Bertz CT molecular complexity index is 659. The monoisotopic (exact) mass is 351 g/mol. The van der Waals surface area contributed by atoms with E-state index < -0.39 is 6.17 Å². The molecule has 3 heterocycles. The van der Waals surface area contributed by atoms with Gasteiger partial charge in [0.2, 0.25) is 0 Å². The number of aromatic nitrogens is 2. The van der Waals surface area contributed by atoms with Crippen LogP contribution in [0.15, 0.2) is 29.8 Å². The maximum Gasteiger partial charge on any atom is 0.315 e. The topological polar surface area (TPSA) is 62.2 Å². The van der Waals surface area contributed by atoms with Crippen molar-refractivity contribution in [1.82, 2.24) is 25.3 Å². The molecule has 2 aromatic rings. The van der Waals surface area contributed by atoms with Gasteiger partial charge in [-0.15, -0.1) is 11.3 Å². The number of amides is 2. The number of nitrogens with one attached hydrogen (secondary N) is 2. The molecular weight excluding hydrogens is 329 g/mol. The van der Waals surface area contributed by atoms with Gasteiger partial charge in [-0.1, -0.05) is 6.07 Å². The van der Waals surface area contributed by atoms with Crippen molar-refractivity contribution in [1.29, 1.82) is 0 Å². The summed E-state index contributed by atoms with van der Waals surface area (Å²) in [6.45, 7) is 2.03. The fourth-order valence-electron chi connectivity index (χ4n) is 2.95. The van der Waals surface area contributed by atoms with Crippen LogP contribution in [-0.2, 0) is 20.1 Å². The molecule has 6 nitrogen and oxygen atoms in total. The van der Waals surface area contributed by atoms with Gasteiger partial charge in [0.1, 0.15) is 6.17 Å². The Balaban J connectivity index is 1.45. The van der Waals surface area contributed by atoms with Gasteiger partial charge in [-0.3, -0.25) is 9.58 Å². The molecular formula is C16H22FN5OS. The van der Waals surface area contributed by atoms with E-state index in [2.05, 4.69) is 26.7 Å². The first-order valence-corrected chi connectivity index (χ1v) is 8.89. The molecule has 2 aromatic heterocycles. The smallest absolute Gasteiger partial charge is 0.315 e. The number of urea groups is 1. The van der Waals surface area contributed by atoms with Crippen molar-refractivity contribution >= 4 is 17.4 Å². The number of carbonyl (C=O) groups excluding carboxylic acids is 1. The molecule has 0 radical (unpaired) electrons. The highest BCUT2D eigenvalue weighted by Crippen LogP contribution is 2.23. The van der Waals surface area contributed by atoms with Crippen molar-refractivity contribution < 1.29 is 9.18 Å². The van der Waals surface area contributed by atoms with Crippen molar-refractivity contribution in [3.8, 4) is 0 Å². The van der Waals surface area contributed by atoms with Crippen LogP contribution in [-0.4, -0.2) is 46.0 Å². The lowest BCUT2D eigenvalue weighted by molar-refractivity contribution is 0.219. The maximum absolute atomic E-state index is 13.8. The van der Waals surface area contributed by atoms with Crippen molar-refractivity contribution in [2.75, 3.05) is 13.1 Å². The summed E-state index contributed by atoms with van der Waals surface area (Å²) in [7, 11) is 1.83. The van der Waals surface area contributed by atoms with Gasteiger partial charge >= 0.3 is 6.03 Å². The third-order valence-corrected chi connectivity index (χ3v) is 5.13. The van der Waals surface area contributed by atoms with E-state index in [4.69, 9.17) is 0 Å². The summed E-state index contributed by atoms with van der Waals surface area (Å²) in [6, 6.07) is 5.70. The van der Waals surface area contributed by atoms with E-state index in [-0.39, 0.29) is 12.1 Å². The minimum absolute atomic E-state index is 0.0320. The molecule has 1 fully saturated rings. The number of aryl methyl sites for hydroxylation is 1. The van der Waals surface area contributed by atoms with Crippen LogP contribution in [0.5, 0.6) is 0 Å². The number of hydrogen-bond acceptors (Lipinski definition) is 4. The van der Waals surface area contributed by atoms with Crippen LogP contribution < -0.4 is 10.6 Å². The number of alkyl halides is 1. The molecule has 2 amide bonds. The Kier molecular flexibility index (Phi) is 5.47. The summed E-state index contributed by atoms with van der Waals surface area (Å²) >= 11 is 1.67. The van der Waals surface area contributed by atoms with E-state index in [1.807, 2.05) is 24.6 Å². The zero-order chi connectivity index (χ0) is 16.9. The van der Waals surface area contributed by atoms with E-state index in [1.165, 1.54) is 4.88 Å². The Morgan fingerprint density at radius 2 is 2.33 bits per heavy atom. The normalized spacial score (nSPS) is 21.1. The van der Waals surface area contributed by atoms with Crippen LogP contribution >= 0.6 is 11.3 Å². The van der Waals surface area contributed by atoms with E-state index in [0.29, 0.717) is 26.1 Å². The van der Waals surface area contributed by atoms with E-state index >= 15 is 0 Å². The number of thiophene rings is 1. The lowest BCUT2D eigenvalue weighted by atomic mass is 10.2. The molecule has 2 atom stereocenters. The first kappa shape index (κ1) is 16.9. The lowest BCUT2D eigenvalue weighted by Gasteiger charge is -2.23. The van der Waals surface area contributed by atoms with Crippen LogP contribution in [0.25, 0.3) is 0 Å². The summed E-state index contributed by atoms with van der Waals surface area (Å²) in [5.74, 6) is 0. The Labute approximate surface area is 144 Å². The molecule has 130 valence electrons. The summed E-state index contributed by atoms with van der Waals surface area (Å²) in [6.07, 6.45) is 1.33. The number of halogens is 1. The lowest BCUT2D eigenvalue weighted by Crippen LogP contribution is -2.43. The van der Waals surface area contributed by atoms with E-state index in [0.717, 1.165) is 12.2 Å². The van der Waals surface area contributed by atoms with Gasteiger partial charge < -0.3 is 10.6 Å². The fourth-order valence-corrected chi connectivity index (χ4v) is 3.68. The summed E-state index contributed by atoms with van der Waals surface area (Å²) in [5.41, 5.74) is 0.925. The van der Waals surface area contributed by atoms with Crippen molar-refractivity contribution in [3.63, 3.8) is 0 Å². The largest absolute Gasteiger partial charge is 0.337 e. The summed E-state index contributed by atoms with van der Waals surface area (Å²) < 4.78 is 15.5. The Morgan fingerprint density at radius 3 is 3.04 bits per heavy atom. The molecule has 0 spiro atoms. The predicted octanol–water partition coefficient (Wildman–Crippen LogP) is 1.89. The molecule has 8 heteroatoms. The molecule has 3 rings (SSSR count). The molecule has 0 bridgehead atoms. The average molecular weight is 351 g/mol. The molecule has 0 aromatic carbocycles. The second-order valence-electron chi connectivity index (χ2n) is 6.01. The third-order valence-electron chi connectivity index (χ3n) is 4.27. The Hall–Kier alpha value is -1.93. The van der Waals surface area contributed by atoms with Gasteiger partial charge in [0, 0.05) is 43.8 Å². The molecule has 1 aliphatic heterocycles. The minimum atomic E-state index is -0.825. The van der Waals surface area contributed by atoms with Crippen LogP contribution in [0.4, 0.5) is 9.18 Å². The highest BCUT2D eigenvalue weighted by atomic mass is 32.1. The molecule has 2 N–H and O–H groups in total. The number of likely N-dealkylation sites (tertiary alicyclic amines) is 1. The zero-order valence-corrected chi connectivity index (χ0v) is 14.4. The van der Waals surface area contributed by atoms with Gasteiger partial charge in [-0.2, -0.15) is 5.10 Å². The van der Waals surface area contributed by atoms with Crippen molar-refractivity contribution in [2.45, 2.75) is 31.7 Å². The van der Waals surface area contributed by atoms with Gasteiger partial charge in [0.15, 0.2) is 0 Å². The molecule has 24 heavy (non-hydrogen) atoms. The second kappa shape index (κ2) is 7.76. The van der Waals surface area contributed by atoms with Crippen LogP contribution in [0, 0.1) is 0 Å². The molecule has 1 aliphatic rings. The Morgan fingerprint density at radius 1 is 1.46 bits per heavy atom. The quantitative estimate of drug-likeness (QED) is 0.835. The first-order chi connectivity index (χ1) is 11.6. The van der Waals surface area contributed by atoms with Crippen LogP contribution in [0.3, 0.4) is 0 Å². The molecule has 0 aliphatic carbocycles. The standard InChI is InChI=1S/C16H22FN5OS/c1-21-13(4-5-20-21)8-18-16(23)19-9-14-7-12(17)10-22(14)11-15-3-2-6-24-15/h2-6,12,14H,7-11H2,1H3,(H2,18,19,23)/t12-,14-/m0/s1. The second-order valence-corrected chi connectivity index (χ2v) is 7.04. The zero-order valence-electron chi connectivity index (χ0n) is 13.6. The summed E-state index contributed by atoms with van der Waals surface area (Å²) in [5, 5.41) is 11.7. The van der Waals surface area contributed by atoms with Gasteiger partial charge in [0.25, 0.3) is 0 Å². The number of carbonyl (C=O) groups is 1. The van der Waals surface area contributed by atoms with Crippen molar-refractivity contribution in [2.24, 2.45) is 7.05 Å². The van der Waals surface area contributed by atoms with Crippen LogP contribution in [0.2, 0.25) is 0 Å². The van der Waals surface area contributed by atoms with E-state index in [9.17, 15) is 9.18 Å². The molecule has 1 saturated heterocycles. The van der Waals surface area contributed by atoms with E-state index in [1.54, 1.807) is 22.2 Å². The number of rotatable bonds is 6. The molecule has 0 saturated carbocycles. The third kappa shape index (κ3) is 4.33. The fraction of sp³-hybridized carbons (Fsp3) is 0.500. The SMILES string of the molecule is Cn1nccc1CNC(=O)NC[C@@H]1C[C@H](F)CN1Cc1cccs1.